The number of carbonyl (C=O) groups is 2. The van der Waals surface area contributed by atoms with Crippen molar-refractivity contribution in [3.63, 3.8) is 0 Å². The highest BCUT2D eigenvalue weighted by atomic mass is 19.4. The van der Waals surface area contributed by atoms with Gasteiger partial charge in [0, 0.05) is 18.6 Å². The van der Waals surface area contributed by atoms with Gasteiger partial charge in [-0.05, 0) is 43.2 Å². The molecule has 1 unspecified atom stereocenters. The summed E-state index contributed by atoms with van der Waals surface area (Å²) >= 11 is 0. The van der Waals surface area contributed by atoms with E-state index in [-0.39, 0.29) is 11.3 Å². The van der Waals surface area contributed by atoms with Crippen molar-refractivity contribution in [2.24, 2.45) is 0 Å². The second-order valence-electron chi connectivity index (χ2n) is 7.47. The molecule has 10 heteroatoms. The molecule has 0 aliphatic heterocycles. The van der Waals surface area contributed by atoms with E-state index >= 15 is 0 Å². The van der Waals surface area contributed by atoms with E-state index in [0.29, 0.717) is 24.5 Å². The third kappa shape index (κ3) is 6.00. The van der Waals surface area contributed by atoms with Crippen molar-refractivity contribution in [2.45, 2.75) is 45.4 Å². The fraction of sp³-hybridized carbons (Fsp3) is 0.292. The molecular formula is C24H22F4N2O4. The van der Waals surface area contributed by atoms with Crippen molar-refractivity contribution >= 4 is 11.9 Å². The van der Waals surface area contributed by atoms with Crippen molar-refractivity contribution in [1.82, 2.24) is 9.78 Å². The van der Waals surface area contributed by atoms with Gasteiger partial charge in [0.1, 0.15) is 11.9 Å². The number of benzene rings is 2. The number of aromatic nitrogens is 2. The first-order chi connectivity index (χ1) is 16.1. The van der Waals surface area contributed by atoms with Crippen LogP contribution in [0.3, 0.4) is 0 Å². The van der Waals surface area contributed by atoms with Gasteiger partial charge in [0.25, 0.3) is 0 Å². The summed E-state index contributed by atoms with van der Waals surface area (Å²) in [6.07, 6.45) is -3.54. The third-order valence-electron chi connectivity index (χ3n) is 4.89. The number of halogens is 4. The number of esters is 2. The van der Waals surface area contributed by atoms with E-state index in [4.69, 9.17) is 9.47 Å². The molecule has 1 aromatic heterocycles. The van der Waals surface area contributed by atoms with E-state index < -0.39 is 41.6 Å². The first kappa shape index (κ1) is 24.9. The first-order valence-electron chi connectivity index (χ1n) is 10.5. The number of hydrogen-bond donors (Lipinski definition) is 0. The predicted molar refractivity (Wildman–Crippen MR) is 114 cm³/mol. The molecule has 0 spiro atoms. The minimum Gasteiger partial charge on any atom is -0.458 e. The molecule has 0 aliphatic rings. The third-order valence-corrected chi connectivity index (χ3v) is 4.89. The van der Waals surface area contributed by atoms with E-state index in [2.05, 4.69) is 5.10 Å². The Bertz CT molecular complexity index is 1160. The number of hydrogen-bond acceptors (Lipinski definition) is 5. The molecule has 34 heavy (non-hydrogen) atoms. The van der Waals surface area contributed by atoms with Crippen molar-refractivity contribution in [2.75, 3.05) is 0 Å². The number of alkyl halides is 3. The molecule has 180 valence electrons. The predicted octanol–water partition coefficient (Wildman–Crippen LogP) is 6.04. The van der Waals surface area contributed by atoms with Crippen LogP contribution in [0.15, 0.2) is 54.6 Å². The van der Waals surface area contributed by atoms with Crippen LogP contribution in [-0.2, 0) is 15.7 Å². The highest BCUT2D eigenvalue weighted by Crippen LogP contribution is 2.33. The lowest BCUT2D eigenvalue weighted by atomic mass is 9.98. The lowest BCUT2D eigenvalue weighted by molar-refractivity contribution is -0.147. The molecule has 3 rings (SSSR count). The number of unbranched alkanes of at least 4 members (excludes halogenated alkanes) is 1. The molecule has 0 saturated heterocycles. The van der Waals surface area contributed by atoms with Gasteiger partial charge in [0.15, 0.2) is 5.69 Å². The summed E-state index contributed by atoms with van der Waals surface area (Å²) in [5, 5.41) is 3.49. The van der Waals surface area contributed by atoms with Crippen LogP contribution in [0.5, 0.6) is 5.88 Å². The molecule has 0 radical (unpaired) electrons. The average molecular weight is 478 g/mol. The number of nitrogens with zero attached hydrogens (tertiary/aromatic N) is 2. The van der Waals surface area contributed by atoms with Crippen molar-refractivity contribution in [1.29, 1.82) is 0 Å². The molecular weight excluding hydrogens is 456 g/mol. The zero-order valence-corrected chi connectivity index (χ0v) is 18.4. The van der Waals surface area contributed by atoms with Crippen LogP contribution in [0, 0.1) is 5.82 Å². The fourth-order valence-electron chi connectivity index (χ4n) is 3.32. The molecule has 3 aromatic rings. The van der Waals surface area contributed by atoms with E-state index in [1.165, 1.54) is 25.1 Å². The average Bonchev–Trinajstić information content (AvgIpc) is 3.21. The maximum absolute atomic E-state index is 13.3. The van der Waals surface area contributed by atoms with Crippen LogP contribution in [-0.4, -0.2) is 21.7 Å². The Hall–Kier alpha value is -3.69. The fourth-order valence-corrected chi connectivity index (χ4v) is 3.32. The van der Waals surface area contributed by atoms with E-state index in [0.717, 1.165) is 23.2 Å². The molecule has 1 heterocycles. The molecule has 0 saturated carbocycles. The normalized spacial score (nSPS) is 12.3. The summed E-state index contributed by atoms with van der Waals surface area (Å²) < 4.78 is 64.7. The van der Waals surface area contributed by atoms with Gasteiger partial charge < -0.3 is 9.47 Å². The molecule has 0 aliphatic carbocycles. The van der Waals surface area contributed by atoms with Gasteiger partial charge in [-0.1, -0.05) is 31.5 Å². The summed E-state index contributed by atoms with van der Waals surface area (Å²) in [5.74, 6) is -2.59. The minimum atomic E-state index is -4.80. The molecule has 1 atom stereocenters. The van der Waals surface area contributed by atoms with E-state index in [9.17, 15) is 27.2 Å². The van der Waals surface area contributed by atoms with Gasteiger partial charge in [0.2, 0.25) is 5.88 Å². The Morgan fingerprint density at radius 2 is 1.76 bits per heavy atom. The Morgan fingerprint density at radius 1 is 1.09 bits per heavy atom. The van der Waals surface area contributed by atoms with Gasteiger partial charge >= 0.3 is 18.1 Å². The largest absolute Gasteiger partial charge is 0.458 e. The highest BCUT2D eigenvalue weighted by molar-refractivity contribution is 5.92. The van der Waals surface area contributed by atoms with Crippen LogP contribution in [0.4, 0.5) is 17.6 Å². The second-order valence-corrected chi connectivity index (χ2v) is 7.47. The van der Waals surface area contributed by atoms with Gasteiger partial charge in [-0.15, -0.1) is 0 Å². The zero-order valence-electron chi connectivity index (χ0n) is 18.4. The SMILES string of the molecule is CCCCC(OC(C)=O)c1ccccc1C(=O)Oc1cc(C(F)(F)F)nn1-c1ccc(F)cc1. The summed E-state index contributed by atoms with van der Waals surface area (Å²) in [5.41, 5.74) is -0.812. The Balaban J connectivity index is 1.99. The van der Waals surface area contributed by atoms with Crippen LogP contribution in [0.25, 0.3) is 5.69 Å². The molecule has 0 N–H and O–H groups in total. The van der Waals surface area contributed by atoms with Gasteiger partial charge in [-0.3, -0.25) is 4.79 Å². The topological polar surface area (TPSA) is 70.4 Å². The highest BCUT2D eigenvalue weighted by Gasteiger charge is 2.36. The van der Waals surface area contributed by atoms with Crippen LogP contribution in [0.1, 0.15) is 60.8 Å². The molecule has 0 fully saturated rings. The van der Waals surface area contributed by atoms with Crippen LogP contribution in [0.2, 0.25) is 0 Å². The van der Waals surface area contributed by atoms with E-state index in [1.807, 2.05) is 6.92 Å². The Labute approximate surface area is 193 Å². The summed E-state index contributed by atoms with van der Waals surface area (Å²) in [4.78, 5) is 24.7. The van der Waals surface area contributed by atoms with Crippen molar-refractivity contribution < 1.29 is 36.6 Å². The summed E-state index contributed by atoms with van der Waals surface area (Å²) in [6.45, 7) is 3.21. The second kappa shape index (κ2) is 10.5. The number of rotatable bonds is 8. The summed E-state index contributed by atoms with van der Waals surface area (Å²) in [7, 11) is 0. The standard InChI is InChI=1S/C24H22F4N2O4/c1-3-4-9-20(33-15(2)31)18-7-5-6-8-19(18)23(32)34-22-14-21(24(26,27)28)29-30(22)17-12-10-16(25)11-13-17/h5-8,10-14,20H,3-4,9H2,1-2H3. The Kier molecular flexibility index (Phi) is 7.70. The molecule has 2 aromatic carbocycles. The van der Waals surface area contributed by atoms with Gasteiger partial charge in [-0.2, -0.15) is 18.3 Å². The molecule has 0 amide bonds. The van der Waals surface area contributed by atoms with E-state index in [1.54, 1.807) is 18.2 Å². The van der Waals surface area contributed by atoms with Crippen LogP contribution >= 0.6 is 0 Å². The maximum Gasteiger partial charge on any atom is 0.435 e. The van der Waals surface area contributed by atoms with Crippen molar-refractivity contribution in [3.8, 4) is 11.6 Å². The zero-order chi connectivity index (χ0) is 24.9. The molecule has 6 nitrogen and oxygen atoms in total. The number of ether oxygens (including phenoxy) is 2. The smallest absolute Gasteiger partial charge is 0.435 e. The summed E-state index contributed by atoms with van der Waals surface area (Å²) in [6, 6.07) is 11.3. The van der Waals surface area contributed by atoms with Crippen LogP contribution < -0.4 is 4.74 Å². The Morgan fingerprint density at radius 3 is 2.38 bits per heavy atom. The lowest BCUT2D eigenvalue weighted by Crippen LogP contribution is -2.17. The maximum atomic E-state index is 13.3. The molecule has 0 bridgehead atoms. The number of carbonyl (C=O) groups excluding carboxylic acids is 2. The minimum absolute atomic E-state index is 0.0327. The van der Waals surface area contributed by atoms with Gasteiger partial charge in [0.05, 0.1) is 11.3 Å². The van der Waals surface area contributed by atoms with Gasteiger partial charge in [-0.25, -0.2) is 13.9 Å². The van der Waals surface area contributed by atoms with Crippen molar-refractivity contribution in [3.05, 3.63) is 77.2 Å². The quantitative estimate of drug-likeness (QED) is 0.291. The monoisotopic (exact) mass is 478 g/mol. The first-order valence-corrected chi connectivity index (χ1v) is 10.5. The lowest BCUT2D eigenvalue weighted by Gasteiger charge is -2.19.